The van der Waals surface area contributed by atoms with Gasteiger partial charge in [-0.05, 0) is 41.3 Å². The van der Waals surface area contributed by atoms with Crippen molar-refractivity contribution in [2.75, 3.05) is 11.9 Å². The summed E-state index contributed by atoms with van der Waals surface area (Å²) in [5.41, 5.74) is 0.948. The number of tetrazole rings is 1. The molecule has 1 aromatic carbocycles. The van der Waals surface area contributed by atoms with E-state index in [2.05, 4.69) is 20.8 Å². The maximum absolute atomic E-state index is 6.28. The van der Waals surface area contributed by atoms with E-state index >= 15 is 0 Å². The fourth-order valence-corrected chi connectivity index (χ4v) is 2.85. The highest BCUT2D eigenvalue weighted by Crippen LogP contribution is 2.30. The van der Waals surface area contributed by atoms with E-state index < -0.39 is 0 Å². The molecule has 5 nitrogen and oxygen atoms in total. The SMILES string of the molecule is ClC1CCCC1CNc1nnnn1-c1ccccc1. The van der Waals surface area contributed by atoms with E-state index in [-0.39, 0.29) is 5.38 Å². The smallest absolute Gasteiger partial charge is 0.247 e. The zero-order chi connectivity index (χ0) is 13.1. The summed E-state index contributed by atoms with van der Waals surface area (Å²) in [7, 11) is 0. The fourth-order valence-electron chi connectivity index (χ4n) is 2.48. The molecule has 100 valence electrons. The Balaban J connectivity index is 1.71. The van der Waals surface area contributed by atoms with Crippen LogP contribution in [0.4, 0.5) is 5.95 Å². The molecule has 0 bridgehead atoms. The van der Waals surface area contributed by atoms with Gasteiger partial charge in [0.1, 0.15) is 0 Å². The molecule has 6 heteroatoms. The van der Waals surface area contributed by atoms with Crippen molar-refractivity contribution in [3.8, 4) is 5.69 Å². The summed E-state index contributed by atoms with van der Waals surface area (Å²) in [6.07, 6.45) is 3.50. The summed E-state index contributed by atoms with van der Waals surface area (Å²) in [5, 5.41) is 15.3. The van der Waals surface area contributed by atoms with Gasteiger partial charge in [-0.1, -0.05) is 29.7 Å². The van der Waals surface area contributed by atoms with Gasteiger partial charge >= 0.3 is 0 Å². The summed E-state index contributed by atoms with van der Waals surface area (Å²) in [6, 6.07) is 9.85. The Morgan fingerprint density at radius 1 is 1.26 bits per heavy atom. The van der Waals surface area contributed by atoms with Gasteiger partial charge in [0, 0.05) is 11.9 Å². The van der Waals surface area contributed by atoms with Gasteiger partial charge in [-0.25, -0.2) is 0 Å². The number of rotatable bonds is 4. The lowest BCUT2D eigenvalue weighted by atomic mass is 10.1. The third-order valence-corrected chi connectivity index (χ3v) is 4.13. The molecule has 19 heavy (non-hydrogen) atoms. The van der Waals surface area contributed by atoms with Crippen LogP contribution in [0.25, 0.3) is 5.69 Å². The van der Waals surface area contributed by atoms with Crippen LogP contribution in [-0.4, -0.2) is 32.1 Å². The number of anilines is 1. The van der Waals surface area contributed by atoms with Crippen LogP contribution in [0.2, 0.25) is 0 Å². The van der Waals surface area contributed by atoms with Crippen LogP contribution in [-0.2, 0) is 0 Å². The van der Waals surface area contributed by atoms with Crippen LogP contribution >= 0.6 is 11.6 Å². The first kappa shape index (κ1) is 12.4. The van der Waals surface area contributed by atoms with Gasteiger partial charge in [-0.3, -0.25) is 0 Å². The number of benzene rings is 1. The molecule has 1 aromatic heterocycles. The maximum atomic E-state index is 6.28. The predicted octanol–water partition coefficient (Wildman–Crippen LogP) is 2.48. The van der Waals surface area contributed by atoms with Gasteiger partial charge in [0.25, 0.3) is 0 Å². The number of hydrogen-bond donors (Lipinski definition) is 1. The number of para-hydroxylation sites is 1. The molecule has 2 unspecified atom stereocenters. The molecule has 3 rings (SSSR count). The number of aromatic nitrogens is 4. The second-order valence-electron chi connectivity index (χ2n) is 4.84. The lowest BCUT2D eigenvalue weighted by Gasteiger charge is -2.14. The van der Waals surface area contributed by atoms with Crippen LogP contribution in [0, 0.1) is 5.92 Å². The Kier molecular flexibility index (Phi) is 3.64. The first-order chi connectivity index (χ1) is 9.34. The third-order valence-electron chi connectivity index (χ3n) is 3.56. The molecule has 2 atom stereocenters. The quantitative estimate of drug-likeness (QED) is 0.873. The van der Waals surface area contributed by atoms with E-state index in [1.807, 2.05) is 30.3 Å². The Morgan fingerprint density at radius 2 is 2.11 bits per heavy atom. The second-order valence-corrected chi connectivity index (χ2v) is 5.40. The van der Waals surface area contributed by atoms with E-state index in [4.69, 9.17) is 11.6 Å². The standard InChI is InChI=1S/C13H16ClN5/c14-12-8-4-5-10(12)9-15-13-16-17-18-19(13)11-6-2-1-3-7-11/h1-3,6-7,10,12H,4-5,8-9H2,(H,15,16,18). The fraction of sp³-hybridized carbons (Fsp3) is 0.462. The van der Waals surface area contributed by atoms with Crippen LogP contribution < -0.4 is 5.32 Å². The van der Waals surface area contributed by atoms with Crippen LogP contribution in [0.15, 0.2) is 30.3 Å². The van der Waals surface area contributed by atoms with E-state index in [9.17, 15) is 0 Å². The van der Waals surface area contributed by atoms with Crippen molar-refractivity contribution in [2.45, 2.75) is 24.6 Å². The molecule has 0 radical (unpaired) electrons. The first-order valence-electron chi connectivity index (χ1n) is 6.56. The minimum Gasteiger partial charge on any atom is -0.352 e. The number of alkyl halides is 1. The van der Waals surface area contributed by atoms with Crippen molar-refractivity contribution in [2.24, 2.45) is 5.92 Å². The van der Waals surface area contributed by atoms with Crippen molar-refractivity contribution in [3.63, 3.8) is 0 Å². The highest BCUT2D eigenvalue weighted by atomic mass is 35.5. The van der Waals surface area contributed by atoms with Gasteiger partial charge in [0.2, 0.25) is 5.95 Å². The van der Waals surface area contributed by atoms with Crippen molar-refractivity contribution in [3.05, 3.63) is 30.3 Å². The molecule has 1 heterocycles. The molecule has 0 aliphatic heterocycles. The van der Waals surface area contributed by atoms with E-state index in [0.717, 1.165) is 18.7 Å². The van der Waals surface area contributed by atoms with E-state index in [0.29, 0.717) is 11.9 Å². The minimum absolute atomic E-state index is 0.272. The second kappa shape index (κ2) is 5.57. The lowest BCUT2D eigenvalue weighted by molar-refractivity contribution is 0.583. The summed E-state index contributed by atoms with van der Waals surface area (Å²) >= 11 is 6.28. The molecule has 1 saturated carbocycles. The lowest BCUT2D eigenvalue weighted by Crippen LogP contribution is -2.20. The molecule has 1 N–H and O–H groups in total. The highest BCUT2D eigenvalue weighted by molar-refractivity contribution is 6.20. The van der Waals surface area contributed by atoms with Crippen molar-refractivity contribution >= 4 is 17.5 Å². The zero-order valence-corrected chi connectivity index (χ0v) is 11.3. The summed E-state index contributed by atoms with van der Waals surface area (Å²) in [4.78, 5) is 0. The minimum atomic E-state index is 0.272. The average Bonchev–Trinajstić information content (AvgIpc) is 3.06. The summed E-state index contributed by atoms with van der Waals surface area (Å²) in [6.45, 7) is 0.821. The van der Waals surface area contributed by atoms with Crippen molar-refractivity contribution in [1.29, 1.82) is 0 Å². The Bertz CT molecular complexity index is 527. The normalized spacial score (nSPS) is 22.6. The molecule has 0 saturated heterocycles. The number of nitrogens with zero attached hydrogens (tertiary/aromatic N) is 4. The molecule has 1 aliphatic carbocycles. The number of nitrogens with one attached hydrogen (secondary N) is 1. The largest absolute Gasteiger partial charge is 0.352 e. The number of hydrogen-bond acceptors (Lipinski definition) is 4. The Morgan fingerprint density at radius 3 is 2.84 bits per heavy atom. The summed E-state index contributed by atoms with van der Waals surface area (Å²) in [5.74, 6) is 1.17. The van der Waals surface area contributed by atoms with Crippen LogP contribution in [0.5, 0.6) is 0 Å². The molecule has 0 spiro atoms. The third kappa shape index (κ3) is 2.71. The van der Waals surface area contributed by atoms with E-state index in [1.54, 1.807) is 4.68 Å². The Labute approximate surface area is 117 Å². The van der Waals surface area contributed by atoms with Gasteiger partial charge in [-0.15, -0.1) is 11.6 Å². The molecular weight excluding hydrogens is 262 g/mol. The average molecular weight is 278 g/mol. The van der Waals surface area contributed by atoms with E-state index in [1.165, 1.54) is 12.8 Å². The topological polar surface area (TPSA) is 55.6 Å². The maximum Gasteiger partial charge on any atom is 0.247 e. The highest BCUT2D eigenvalue weighted by Gasteiger charge is 2.25. The first-order valence-corrected chi connectivity index (χ1v) is 7.00. The van der Waals surface area contributed by atoms with Gasteiger partial charge in [0.15, 0.2) is 0 Å². The molecular formula is C13H16ClN5. The zero-order valence-electron chi connectivity index (χ0n) is 10.5. The predicted molar refractivity (Wildman–Crippen MR) is 74.6 cm³/mol. The van der Waals surface area contributed by atoms with Gasteiger partial charge in [0.05, 0.1) is 5.69 Å². The number of halogens is 1. The van der Waals surface area contributed by atoms with Crippen LogP contribution in [0.1, 0.15) is 19.3 Å². The monoisotopic (exact) mass is 277 g/mol. The van der Waals surface area contributed by atoms with Crippen molar-refractivity contribution < 1.29 is 0 Å². The molecule has 2 aromatic rings. The van der Waals surface area contributed by atoms with Gasteiger partial charge < -0.3 is 5.32 Å². The molecule has 1 fully saturated rings. The van der Waals surface area contributed by atoms with Gasteiger partial charge in [-0.2, -0.15) is 4.68 Å². The molecule has 0 amide bonds. The Hall–Kier alpha value is -1.62. The van der Waals surface area contributed by atoms with Crippen molar-refractivity contribution in [1.82, 2.24) is 20.2 Å². The molecule has 1 aliphatic rings. The van der Waals surface area contributed by atoms with Crippen LogP contribution in [0.3, 0.4) is 0 Å². The summed E-state index contributed by atoms with van der Waals surface area (Å²) < 4.78 is 1.71.